The molecule has 0 spiro atoms. The summed E-state index contributed by atoms with van der Waals surface area (Å²) in [6, 6.07) is 25.8. The summed E-state index contributed by atoms with van der Waals surface area (Å²) < 4.78 is 2.41. The van der Waals surface area contributed by atoms with Crippen molar-refractivity contribution in [3.63, 3.8) is 0 Å². The number of amides is 2. The Kier molecular flexibility index (Phi) is 8.70. The van der Waals surface area contributed by atoms with Gasteiger partial charge in [0.25, 0.3) is 11.5 Å². The number of carbonyl (C=O) groups is 2. The van der Waals surface area contributed by atoms with Crippen molar-refractivity contribution < 1.29 is 9.59 Å². The summed E-state index contributed by atoms with van der Waals surface area (Å²) in [6.07, 6.45) is 1.76. The van der Waals surface area contributed by atoms with Gasteiger partial charge < -0.3 is 10.6 Å². The zero-order valence-corrected chi connectivity index (χ0v) is 25.0. The van der Waals surface area contributed by atoms with E-state index < -0.39 is 17.2 Å². The molecule has 1 aliphatic rings. The number of aromatic nitrogens is 4. The first kappa shape index (κ1) is 29.8. The van der Waals surface area contributed by atoms with Crippen LogP contribution in [0.4, 0.5) is 5.82 Å². The number of hydrogen-bond donors (Lipinski definition) is 3. The van der Waals surface area contributed by atoms with Crippen molar-refractivity contribution in [2.75, 3.05) is 18.4 Å². The molecule has 1 fully saturated rings. The molecule has 3 N–H and O–H groups in total. The van der Waals surface area contributed by atoms with Gasteiger partial charge in [0.15, 0.2) is 5.82 Å². The van der Waals surface area contributed by atoms with Gasteiger partial charge in [0, 0.05) is 43.0 Å². The van der Waals surface area contributed by atoms with Crippen LogP contribution in [0, 0.1) is 6.92 Å². The van der Waals surface area contributed by atoms with Crippen molar-refractivity contribution in [2.45, 2.75) is 45.4 Å². The van der Waals surface area contributed by atoms with Crippen LogP contribution in [0.1, 0.15) is 40.0 Å². The number of nitrogens with one attached hydrogen (secondary N) is 3. The molecule has 5 aromatic rings. The van der Waals surface area contributed by atoms with E-state index >= 15 is 0 Å². The number of aromatic amines is 1. The van der Waals surface area contributed by atoms with Gasteiger partial charge in [0.2, 0.25) is 5.91 Å². The van der Waals surface area contributed by atoms with Crippen LogP contribution in [0.25, 0.3) is 10.9 Å². The Balaban J connectivity index is 1.12. The molecular weight excluding hydrogens is 570 g/mol. The predicted molar refractivity (Wildman–Crippen MR) is 172 cm³/mol. The van der Waals surface area contributed by atoms with E-state index in [9.17, 15) is 19.2 Å². The van der Waals surface area contributed by atoms with Crippen LogP contribution in [-0.2, 0) is 24.4 Å². The Bertz CT molecular complexity index is 1940. The maximum atomic E-state index is 13.6. The number of benzene rings is 3. The molecule has 3 heterocycles. The molecule has 2 amide bonds. The van der Waals surface area contributed by atoms with E-state index in [1.807, 2.05) is 13.0 Å². The van der Waals surface area contributed by atoms with Crippen molar-refractivity contribution in [1.29, 1.82) is 0 Å². The second kappa shape index (κ2) is 13.1. The molecule has 0 unspecified atom stereocenters. The zero-order valence-electron chi connectivity index (χ0n) is 25.0. The van der Waals surface area contributed by atoms with E-state index in [4.69, 9.17) is 0 Å². The van der Waals surface area contributed by atoms with E-state index in [0.29, 0.717) is 27.8 Å². The lowest BCUT2D eigenvalue weighted by atomic mass is 10.0. The summed E-state index contributed by atoms with van der Waals surface area (Å²) in [6.45, 7) is 4.25. The maximum absolute atomic E-state index is 13.6. The van der Waals surface area contributed by atoms with E-state index in [0.717, 1.165) is 42.7 Å². The normalized spacial score (nSPS) is 14.0. The van der Waals surface area contributed by atoms with Gasteiger partial charge in [-0.05, 0) is 55.2 Å². The average molecular weight is 606 g/mol. The van der Waals surface area contributed by atoms with Gasteiger partial charge >= 0.3 is 5.69 Å². The van der Waals surface area contributed by atoms with Crippen molar-refractivity contribution >= 4 is 28.5 Å². The molecule has 45 heavy (non-hydrogen) atoms. The quantitative estimate of drug-likeness (QED) is 0.236. The van der Waals surface area contributed by atoms with E-state index in [1.165, 1.54) is 10.1 Å². The smallest absolute Gasteiger partial charge is 0.332 e. The third kappa shape index (κ3) is 6.94. The highest BCUT2D eigenvalue weighted by Gasteiger charge is 2.22. The second-order valence-corrected chi connectivity index (χ2v) is 11.5. The van der Waals surface area contributed by atoms with Crippen molar-refractivity contribution in [3.8, 4) is 0 Å². The summed E-state index contributed by atoms with van der Waals surface area (Å²) in [7, 11) is 0. The molecular formula is C34H35N7O4. The number of carbonyl (C=O) groups excluding carboxylic acids is 2. The molecule has 6 rings (SSSR count). The molecule has 1 saturated heterocycles. The molecule has 0 bridgehead atoms. The number of hydrogen-bond acceptors (Lipinski definition) is 6. The minimum Gasteiger partial charge on any atom is -0.349 e. The summed E-state index contributed by atoms with van der Waals surface area (Å²) in [5.74, 6) is -0.247. The van der Waals surface area contributed by atoms with Gasteiger partial charge in [0.1, 0.15) is 6.54 Å². The Hall–Kier alpha value is -5.29. The molecule has 230 valence electrons. The topological polar surface area (TPSA) is 134 Å². The van der Waals surface area contributed by atoms with Crippen molar-refractivity contribution in [1.82, 2.24) is 29.5 Å². The number of para-hydroxylation sites is 1. The van der Waals surface area contributed by atoms with Gasteiger partial charge in [-0.15, -0.1) is 0 Å². The van der Waals surface area contributed by atoms with Crippen molar-refractivity contribution in [3.05, 3.63) is 128 Å². The Morgan fingerprint density at radius 2 is 1.56 bits per heavy atom. The lowest BCUT2D eigenvalue weighted by molar-refractivity contribution is -0.116. The fraction of sp³-hybridized carbons (Fsp3) is 0.265. The molecule has 0 saturated carbocycles. The summed E-state index contributed by atoms with van der Waals surface area (Å²) in [5, 5.41) is 12.9. The van der Waals surface area contributed by atoms with E-state index in [-0.39, 0.29) is 25.0 Å². The second-order valence-electron chi connectivity index (χ2n) is 11.5. The lowest BCUT2D eigenvalue weighted by Crippen LogP contribution is -2.44. The molecule has 1 aliphatic heterocycles. The first-order chi connectivity index (χ1) is 21.8. The van der Waals surface area contributed by atoms with Crippen LogP contribution >= 0.6 is 0 Å². The van der Waals surface area contributed by atoms with Gasteiger partial charge in [-0.1, -0.05) is 54.6 Å². The van der Waals surface area contributed by atoms with Gasteiger partial charge in [-0.2, -0.15) is 5.10 Å². The van der Waals surface area contributed by atoms with Crippen LogP contribution in [0.3, 0.4) is 0 Å². The Morgan fingerprint density at radius 3 is 2.27 bits per heavy atom. The lowest BCUT2D eigenvalue weighted by Gasteiger charge is -2.32. The number of nitrogens with zero attached hydrogens (tertiary/aromatic N) is 4. The van der Waals surface area contributed by atoms with E-state index in [1.54, 1.807) is 54.6 Å². The minimum absolute atomic E-state index is 0.00947. The monoisotopic (exact) mass is 605 g/mol. The molecule has 3 aromatic carbocycles. The number of likely N-dealkylation sites (tertiary alicyclic amines) is 1. The number of rotatable bonds is 9. The fourth-order valence-corrected chi connectivity index (χ4v) is 5.76. The summed E-state index contributed by atoms with van der Waals surface area (Å²) in [4.78, 5) is 55.2. The Morgan fingerprint density at radius 1 is 0.867 bits per heavy atom. The van der Waals surface area contributed by atoms with Crippen molar-refractivity contribution in [2.24, 2.45) is 0 Å². The van der Waals surface area contributed by atoms with Crippen LogP contribution in [-0.4, -0.2) is 55.2 Å². The SMILES string of the molecule is Cc1cc(NC(=O)Cn2c(=O)n(Cc3ccc(C(=O)NC4CCN(Cc5ccccc5)CC4)cc3)c(=O)c3ccccc32)n[nH]1. The molecule has 2 aromatic heterocycles. The summed E-state index contributed by atoms with van der Waals surface area (Å²) in [5.41, 5.74) is 2.58. The molecule has 0 aliphatic carbocycles. The third-order valence-electron chi connectivity index (χ3n) is 8.14. The predicted octanol–water partition coefficient (Wildman–Crippen LogP) is 3.28. The highest BCUT2D eigenvalue weighted by molar-refractivity contribution is 5.94. The number of fused-ring (bicyclic) bond motifs is 1. The first-order valence-corrected chi connectivity index (χ1v) is 15.0. The van der Waals surface area contributed by atoms with Gasteiger partial charge in [-0.3, -0.25) is 33.5 Å². The average Bonchev–Trinajstić information content (AvgIpc) is 3.47. The van der Waals surface area contributed by atoms with Gasteiger partial charge in [-0.25, -0.2) is 4.79 Å². The maximum Gasteiger partial charge on any atom is 0.332 e. The third-order valence-corrected chi connectivity index (χ3v) is 8.14. The first-order valence-electron chi connectivity index (χ1n) is 15.0. The number of piperidine rings is 1. The molecule has 0 radical (unpaired) electrons. The van der Waals surface area contributed by atoms with Crippen LogP contribution < -0.4 is 21.9 Å². The highest BCUT2D eigenvalue weighted by Crippen LogP contribution is 2.15. The number of anilines is 1. The van der Waals surface area contributed by atoms with Crippen LogP contribution in [0.5, 0.6) is 0 Å². The molecule has 11 nitrogen and oxygen atoms in total. The van der Waals surface area contributed by atoms with E-state index in [2.05, 4.69) is 50.0 Å². The highest BCUT2D eigenvalue weighted by atomic mass is 16.2. The summed E-state index contributed by atoms with van der Waals surface area (Å²) >= 11 is 0. The fourth-order valence-electron chi connectivity index (χ4n) is 5.76. The van der Waals surface area contributed by atoms with Crippen LogP contribution in [0.15, 0.2) is 94.5 Å². The minimum atomic E-state index is -0.604. The number of H-pyrrole nitrogens is 1. The largest absolute Gasteiger partial charge is 0.349 e. The zero-order chi connectivity index (χ0) is 31.3. The van der Waals surface area contributed by atoms with Gasteiger partial charge in [0.05, 0.1) is 17.4 Å². The molecule has 11 heteroatoms. The van der Waals surface area contributed by atoms with Crippen LogP contribution in [0.2, 0.25) is 0 Å². The Labute approximate surface area is 259 Å². The standard InChI is InChI=1S/C34H35N7O4/c1-23-19-30(38-37-23)36-31(42)22-40-29-10-6-5-9-28(29)33(44)41(34(40)45)21-25-11-13-26(14-12-25)32(43)35-27-15-17-39(18-16-27)20-24-7-3-2-4-8-24/h2-14,19,27H,15-18,20-22H2,1H3,(H,35,43)(H2,36,37,38,42). The molecule has 0 atom stereocenters. The number of aryl methyl sites for hydroxylation is 1.